The molecule has 0 aromatic rings. The van der Waals surface area contributed by atoms with Crippen LogP contribution >= 0.6 is 0 Å². The Hall–Kier alpha value is -1.86. The Balaban J connectivity index is 1.48. The first kappa shape index (κ1) is 42.9. The zero-order chi connectivity index (χ0) is 38.6. The molecule has 4 aliphatic heterocycles. The molecule has 24 nitrogen and oxygen atoms in total. The second-order valence-corrected chi connectivity index (χ2v) is 12.6. The van der Waals surface area contributed by atoms with Gasteiger partial charge >= 0.3 is 11.9 Å². The van der Waals surface area contributed by atoms with Crippen LogP contribution in [0.25, 0.3) is 0 Å². The molecule has 0 saturated carbocycles. The Morgan fingerprint density at radius 2 is 0.923 bits per heavy atom. The van der Waals surface area contributed by atoms with E-state index >= 15 is 0 Å². The zero-order valence-corrected chi connectivity index (χ0v) is 27.3. The fourth-order valence-electron chi connectivity index (χ4n) is 6.08. The minimum Gasteiger partial charge on any atom is -0.479 e. The van der Waals surface area contributed by atoms with Gasteiger partial charge in [-0.3, -0.25) is 0 Å². The van der Waals surface area contributed by atoms with Crippen LogP contribution in [0.3, 0.4) is 0 Å². The summed E-state index contributed by atoms with van der Waals surface area (Å²) in [7, 11) is 0. The number of aliphatic carboxylic acids is 2. The number of carboxylic acid groups (broad SMARTS) is 2. The molecule has 4 heterocycles. The molecule has 0 amide bonds. The largest absolute Gasteiger partial charge is 0.479 e. The summed E-state index contributed by atoms with van der Waals surface area (Å²) < 4.78 is 43.1. The first-order valence-electron chi connectivity index (χ1n) is 16.3. The lowest BCUT2D eigenvalue weighted by molar-refractivity contribution is -0.385. The predicted molar refractivity (Wildman–Crippen MR) is 157 cm³/mol. The molecule has 20 atom stereocenters. The van der Waals surface area contributed by atoms with E-state index in [2.05, 4.69) is 0 Å². The molecule has 0 bridgehead atoms. The number of nitrogens with two attached hydrogens (primary N) is 1. The second-order valence-electron chi connectivity index (χ2n) is 12.6. The monoisotopic (exact) mass is 765 g/mol. The van der Waals surface area contributed by atoms with Crippen LogP contribution in [-0.4, -0.2) is 228 Å². The van der Waals surface area contributed by atoms with Gasteiger partial charge in [-0.2, -0.15) is 0 Å². The van der Waals surface area contributed by atoms with Crippen molar-refractivity contribution in [3.8, 4) is 0 Å². The molecule has 302 valence electrons. The summed E-state index contributed by atoms with van der Waals surface area (Å²) >= 11 is 0. The summed E-state index contributed by atoms with van der Waals surface area (Å²) in [5.74, 6) is -3.56. The maximum Gasteiger partial charge on any atom is 0.335 e. The second kappa shape index (κ2) is 18.7. The summed E-state index contributed by atoms with van der Waals surface area (Å²) in [4.78, 5) is 23.5. The van der Waals surface area contributed by atoms with Crippen molar-refractivity contribution in [3.05, 3.63) is 0 Å². The van der Waals surface area contributed by atoms with E-state index < -0.39 is 148 Å². The van der Waals surface area contributed by atoms with E-state index in [1.807, 2.05) is 0 Å². The van der Waals surface area contributed by atoms with Crippen molar-refractivity contribution in [1.29, 1.82) is 0 Å². The molecule has 0 aromatic heterocycles. The fourth-order valence-corrected chi connectivity index (χ4v) is 6.08. The minimum absolute atomic E-state index is 0.0690. The molecule has 4 fully saturated rings. The van der Waals surface area contributed by atoms with Gasteiger partial charge in [0.2, 0.25) is 0 Å². The Bertz CT molecular complexity index is 1150. The molecule has 52 heavy (non-hydrogen) atoms. The van der Waals surface area contributed by atoms with Gasteiger partial charge in [0.15, 0.2) is 37.4 Å². The summed E-state index contributed by atoms with van der Waals surface area (Å²) in [5, 5.41) is 134. The van der Waals surface area contributed by atoms with Crippen molar-refractivity contribution in [2.24, 2.45) is 5.73 Å². The van der Waals surface area contributed by atoms with Crippen molar-refractivity contribution >= 4 is 11.9 Å². The Morgan fingerprint density at radius 1 is 0.500 bits per heavy atom. The van der Waals surface area contributed by atoms with Crippen LogP contribution in [0.1, 0.15) is 12.8 Å². The molecule has 15 N–H and O–H groups in total. The lowest BCUT2D eigenvalue weighted by Gasteiger charge is -2.48. The number of carbonyl (C=O) groups is 2. The summed E-state index contributed by atoms with van der Waals surface area (Å²) in [6.45, 7) is -1.43. The molecule has 20 unspecified atom stereocenters. The number of aliphatic hydroxyl groups is 11. The van der Waals surface area contributed by atoms with Crippen molar-refractivity contribution in [3.63, 3.8) is 0 Å². The lowest BCUT2D eigenvalue weighted by atomic mass is 9.95. The smallest absolute Gasteiger partial charge is 0.335 e. The van der Waals surface area contributed by atoms with Crippen molar-refractivity contribution in [2.45, 2.75) is 136 Å². The number of hydrogen-bond donors (Lipinski definition) is 14. The molecule has 4 saturated heterocycles. The van der Waals surface area contributed by atoms with E-state index in [9.17, 15) is 76.0 Å². The molecule has 0 aliphatic carbocycles. The average Bonchev–Trinajstić information content (AvgIpc) is 3.11. The topological polar surface area (TPSA) is 397 Å². The van der Waals surface area contributed by atoms with Gasteiger partial charge in [-0.1, -0.05) is 0 Å². The predicted octanol–water partition coefficient (Wildman–Crippen LogP) is -8.80. The highest BCUT2D eigenvalue weighted by atomic mass is 16.8. The highest BCUT2D eigenvalue weighted by Crippen LogP contribution is 2.34. The third kappa shape index (κ3) is 9.15. The van der Waals surface area contributed by atoms with Gasteiger partial charge in [0.1, 0.15) is 85.5 Å². The average molecular weight is 766 g/mol. The zero-order valence-electron chi connectivity index (χ0n) is 27.3. The normalized spacial score (nSPS) is 47.2. The van der Waals surface area contributed by atoms with Gasteiger partial charge in [0, 0.05) is 6.61 Å². The van der Waals surface area contributed by atoms with E-state index in [1.165, 1.54) is 0 Å². The molecule has 0 radical (unpaired) electrons. The third-order valence-corrected chi connectivity index (χ3v) is 9.00. The van der Waals surface area contributed by atoms with Gasteiger partial charge in [0.25, 0.3) is 0 Å². The van der Waals surface area contributed by atoms with E-state index in [0.717, 1.165) is 0 Å². The highest BCUT2D eigenvalue weighted by Gasteiger charge is 2.56. The van der Waals surface area contributed by atoms with Gasteiger partial charge in [-0.25, -0.2) is 9.59 Å². The molecule has 4 aliphatic rings. The molecular formula is C28H47NO23. The maximum absolute atomic E-state index is 12.0. The standard InChI is InChI=1S/C28H47NO23/c29-3-1-2-4-45-25-14(37)11(34)18(7(5-30)46-25)49-28-17(40)20(16(39)22(52-28)24(43)44)50-26-15(38)12(35)19(8(6-31)47-26)48-27-13(36)9(32)10(33)21(51-27)23(41)42/h7-22,25-28,30-40H,1-6,29H2,(H,41,42)(H,43,44). The quantitative estimate of drug-likeness (QED) is 0.0688. The van der Waals surface area contributed by atoms with Crippen LogP contribution in [0, 0.1) is 0 Å². The first-order valence-corrected chi connectivity index (χ1v) is 16.3. The summed E-state index contributed by atoms with van der Waals surface area (Å²) in [6, 6.07) is 0. The van der Waals surface area contributed by atoms with Crippen LogP contribution < -0.4 is 5.73 Å². The van der Waals surface area contributed by atoms with Gasteiger partial charge in [0.05, 0.1) is 13.2 Å². The number of hydrogen-bond acceptors (Lipinski definition) is 22. The SMILES string of the molecule is NCCCCOC1OC(CO)C(OC2OC(C(=O)O)C(O)C(OC3OC(CO)C(OC4OC(C(=O)O)C(O)C(O)C4O)C(O)C3O)C2O)C(O)C1O. The number of ether oxygens (including phenoxy) is 8. The molecule has 0 aromatic carbocycles. The number of aliphatic hydroxyl groups excluding tert-OH is 11. The fraction of sp³-hybridized carbons (Fsp3) is 0.929. The Labute approximate surface area is 293 Å². The van der Waals surface area contributed by atoms with Crippen molar-refractivity contribution in [2.75, 3.05) is 26.4 Å². The first-order chi connectivity index (χ1) is 24.6. The van der Waals surface area contributed by atoms with E-state index in [-0.39, 0.29) is 6.61 Å². The van der Waals surface area contributed by atoms with Gasteiger partial charge in [-0.05, 0) is 19.4 Å². The van der Waals surface area contributed by atoms with Crippen LogP contribution in [0.5, 0.6) is 0 Å². The summed E-state index contributed by atoms with van der Waals surface area (Å²) in [6.07, 6.45) is -38.5. The lowest BCUT2D eigenvalue weighted by Crippen LogP contribution is -2.68. The maximum atomic E-state index is 12.0. The van der Waals surface area contributed by atoms with Crippen LogP contribution in [0.4, 0.5) is 0 Å². The van der Waals surface area contributed by atoms with Gasteiger partial charge < -0.3 is 110 Å². The van der Waals surface area contributed by atoms with E-state index in [4.69, 9.17) is 43.6 Å². The van der Waals surface area contributed by atoms with Crippen molar-refractivity contribution in [1.82, 2.24) is 0 Å². The molecule has 4 rings (SSSR count). The highest BCUT2D eigenvalue weighted by molar-refractivity contribution is 5.73. The molecule has 24 heteroatoms. The van der Waals surface area contributed by atoms with Crippen LogP contribution in [-0.2, 0) is 47.5 Å². The molecular weight excluding hydrogens is 718 g/mol. The molecule has 0 spiro atoms. The Kier molecular flexibility index (Phi) is 15.4. The van der Waals surface area contributed by atoms with Crippen molar-refractivity contribution < 1.29 is 114 Å². The van der Waals surface area contributed by atoms with E-state index in [1.54, 1.807) is 0 Å². The minimum atomic E-state index is -2.24. The number of carboxylic acids is 2. The van der Waals surface area contributed by atoms with Crippen LogP contribution in [0.15, 0.2) is 0 Å². The third-order valence-electron chi connectivity index (χ3n) is 9.00. The van der Waals surface area contributed by atoms with Gasteiger partial charge in [-0.15, -0.1) is 0 Å². The Morgan fingerprint density at radius 3 is 1.42 bits per heavy atom. The number of unbranched alkanes of at least 4 members (excludes halogenated alkanes) is 1. The van der Waals surface area contributed by atoms with E-state index in [0.29, 0.717) is 19.4 Å². The summed E-state index contributed by atoms with van der Waals surface area (Å²) in [5.41, 5.74) is 5.44. The van der Waals surface area contributed by atoms with Crippen LogP contribution in [0.2, 0.25) is 0 Å². The number of rotatable bonds is 15.